The smallest absolute Gasteiger partial charge is 0.352 e. The van der Waals surface area contributed by atoms with E-state index < -0.39 is 23.7 Å². The molecule has 1 N–H and O–H groups in total. The molecule has 1 aromatic carbocycles. The Hall–Kier alpha value is -2.90. The second-order valence-electron chi connectivity index (χ2n) is 7.08. The third kappa shape index (κ3) is 5.13. The Morgan fingerprint density at radius 2 is 1.97 bits per heavy atom. The molecule has 5 nitrogen and oxygen atoms in total. The number of alkyl halides is 3. The normalized spacial score (nSPS) is 16.7. The minimum absolute atomic E-state index is 0.100. The third-order valence-electron chi connectivity index (χ3n) is 4.95. The maximum absolute atomic E-state index is 13.6. The molecule has 1 atom stereocenters. The van der Waals surface area contributed by atoms with Crippen LogP contribution in [0, 0.1) is 0 Å². The van der Waals surface area contributed by atoms with Crippen molar-refractivity contribution in [3.63, 3.8) is 0 Å². The first-order valence-corrected chi connectivity index (χ1v) is 9.39. The fourth-order valence-electron chi connectivity index (χ4n) is 3.55. The van der Waals surface area contributed by atoms with Crippen molar-refractivity contribution in [3.8, 4) is 0 Å². The average molecular weight is 405 g/mol. The summed E-state index contributed by atoms with van der Waals surface area (Å²) in [6.07, 6.45) is -1.96. The van der Waals surface area contributed by atoms with Crippen LogP contribution in [0.25, 0.3) is 0 Å². The van der Waals surface area contributed by atoms with Crippen LogP contribution in [0.3, 0.4) is 0 Å². The highest BCUT2D eigenvalue weighted by Gasteiger charge is 2.37. The zero-order chi connectivity index (χ0) is 21.0. The quantitative estimate of drug-likeness (QED) is 0.826. The van der Waals surface area contributed by atoms with Gasteiger partial charge >= 0.3 is 6.18 Å². The van der Waals surface area contributed by atoms with Gasteiger partial charge in [0.1, 0.15) is 0 Å². The standard InChI is InChI=1S/C21H22F3N3O2/c1-14(28)25-12-16-13-26-18(11-17(16)21(22,23)24)19-8-5-9-27(19)20(29)10-15-6-3-2-4-7-15/h2-4,6-7,11,13,19H,5,8-10,12H2,1H3,(H,25,28)/t19-/m1/s1. The first-order chi connectivity index (χ1) is 13.8. The van der Waals surface area contributed by atoms with Crippen molar-refractivity contribution in [3.05, 3.63) is 65.0 Å². The van der Waals surface area contributed by atoms with Gasteiger partial charge in [-0.1, -0.05) is 30.3 Å². The number of benzene rings is 1. The summed E-state index contributed by atoms with van der Waals surface area (Å²) < 4.78 is 40.7. The van der Waals surface area contributed by atoms with Crippen LogP contribution in [0.2, 0.25) is 0 Å². The van der Waals surface area contributed by atoms with Crippen molar-refractivity contribution in [1.29, 1.82) is 0 Å². The van der Waals surface area contributed by atoms with Crippen LogP contribution in [0.1, 0.15) is 48.2 Å². The Morgan fingerprint density at radius 3 is 2.62 bits per heavy atom. The lowest BCUT2D eigenvalue weighted by molar-refractivity contribution is -0.138. The number of carbonyl (C=O) groups is 2. The summed E-state index contributed by atoms with van der Waals surface area (Å²) in [6, 6.07) is 9.76. The van der Waals surface area contributed by atoms with Crippen molar-refractivity contribution in [2.45, 2.75) is 44.9 Å². The predicted octanol–water partition coefficient (Wildman–Crippen LogP) is 3.64. The molecule has 1 aliphatic rings. The van der Waals surface area contributed by atoms with E-state index in [-0.39, 0.29) is 30.1 Å². The molecule has 0 spiro atoms. The number of nitrogens with zero attached hydrogens (tertiary/aromatic N) is 2. The molecule has 2 aromatic rings. The highest BCUT2D eigenvalue weighted by molar-refractivity contribution is 5.79. The summed E-state index contributed by atoms with van der Waals surface area (Å²) in [7, 11) is 0. The largest absolute Gasteiger partial charge is 0.416 e. The molecule has 8 heteroatoms. The van der Waals surface area contributed by atoms with Crippen LogP contribution < -0.4 is 5.32 Å². The van der Waals surface area contributed by atoms with Gasteiger partial charge in [0.05, 0.1) is 23.7 Å². The van der Waals surface area contributed by atoms with Gasteiger partial charge in [-0.3, -0.25) is 14.6 Å². The highest BCUT2D eigenvalue weighted by atomic mass is 19.4. The summed E-state index contributed by atoms with van der Waals surface area (Å²) in [6.45, 7) is 1.48. The van der Waals surface area contributed by atoms with Crippen molar-refractivity contribution >= 4 is 11.8 Å². The summed E-state index contributed by atoms with van der Waals surface area (Å²) in [4.78, 5) is 29.6. The Bertz CT molecular complexity index is 884. The maximum atomic E-state index is 13.6. The summed E-state index contributed by atoms with van der Waals surface area (Å²) >= 11 is 0. The Balaban J connectivity index is 1.84. The SMILES string of the molecule is CC(=O)NCc1cnc([C@H]2CCCN2C(=O)Cc2ccccc2)cc1C(F)(F)F. The van der Waals surface area contributed by atoms with E-state index >= 15 is 0 Å². The maximum Gasteiger partial charge on any atom is 0.416 e. The fraction of sp³-hybridized carbons (Fsp3) is 0.381. The predicted molar refractivity (Wildman–Crippen MR) is 101 cm³/mol. The molecule has 154 valence electrons. The zero-order valence-corrected chi connectivity index (χ0v) is 16.0. The lowest BCUT2D eigenvalue weighted by Crippen LogP contribution is -2.32. The van der Waals surface area contributed by atoms with Crippen molar-refractivity contribution < 1.29 is 22.8 Å². The van der Waals surface area contributed by atoms with E-state index in [4.69, 9.17) is 0 Å². The lowest BCUT2D eigenvalue weighted by atomic mass is 10.0. The number of hydrogen-bond donors (Lipinski definition) is 1. The molecule has 0 bridgehead atoms. The molecular formula is C21H22F3N3O2. The number of nitrogens with one attached hydrogen (secondary N) is 1. The molecule has 2 heterocycles. The van der Waals surface area contributed by atoms with E-state index in [0.29, 0.717) is 19.4 Å². The molecular weight excluding hydrogens is 383 g/mol. The van der Waals surface area contributed by atoms with Gasteiger partial charge in [0.25, 0.3) is 0 Å². The minimum atomic E-state index is -4.58. The van der Waals surface area contributed by atoms with Crippen LogP contribution in [0.4, 0.5) is 13.2 Å². The van der Waals surface area contributed by atoms with Crippen LogP contribution >= 0.6 is 0 Å². The highest BCUT2D eigenvalue weighted by Crippen LogP contribution is 2.37. The lowest BCUT2D eigenvalue weighted by Gasteiger charge is -2.25. The van der Waals surface area contributed by atoms with Gasteiger partial charge in [0.15, 0.2) is 0 Å². The second kappa shape index (κ2) is 8.63. The molecule has 0 saturated carbocycles. The molecule has 1 aromatic heterocycles. The summed E-state index contributed by atoms with van der Waals surface area (Å²) in [5.74, 6) is -0.549. The number of hydrogen-bond acceptors (Lipinski definition) is 3. The van der Waals surface area contributed by atoms with Crippen molar-refractivity contribution in [2.24, 2.45) is 0 Å². The van der Waals surface area contributed by atoms with E-state index in [2.05, 4.69) is 10.3 Å². The van der Waals surface area contributed by atoms with Gasteiger partial charge in [0, 0.05) is 31.8 Å². The first-order valence-electron chi connectivity index (χ1n) is 9.39. The number of halogens is 3. The van der Waals surface area contributed by atoms with E-state index in [1.807, 2.05) is 30.3 Å². The first kappa shape index (κ1) is 20.8. The number of aromatic nitrogens is 1. The molecule has 1 saturated heterocycles. The Morgan fingerprint density at radius 1 is 1.24 bits per heavy atom. The molecule has 0 unspecified atom stereocenters. The second-order valence-corrected chi connectivity index (χ2v) is 7.08. The molecule has 0 aliphatic carbocycles. The van der Waals surface area contributed by atoms with E-state index in [1.54, 1.807) is 4.90 Å². The Labute approximate surface area is 166 Å². The van der Waals surface area contributed by atoms with E-state index in [0.717, 1.165) is 17.8 Å². The number of carbonyl (C=O) groups excluding carboxylic acids is 2. The molecule has 3 rings (SSSR count). The number of rotatable bonds is 5. The number of likely N-dealkylation sites (tertiary alicyclic amines) is 1. The van der Waals surface area contributed by atoms with Crippen molar-refractivity contribution in [2.75, 3.05) is 6.54 Å². The van der Waals surface area contributed by atoms with Gasteiger partial charge in [-0.25, -0.2) is 0 Å². The zero-order valence-electron chi connectivity index (χ0n) is 16.0. The van der Waals surface area contributed by atoms with Crippen LogP contribution in [-0.4, -0.2) is 28.2 Å². The van der Waals surface area contributed by atoms with Crippen molar-refractivity contribution in [1.82, 2.24) is 15.2 Å². The summed E-state index contributed by atoms with van der Waals surface area (Å²) in [5.41, 5.74) is 0.149. The fourth-order valence-corrected chi connectivity index (χ4v) is 3.55. The van der Waals surface area contributed by atoms with Gasteiger partial charge in [-0.2, -0.15) is 13.2 Å². The van der Waals surface area contributed by atoms with Crippen LogP contribution in [-0.2, 0) is 28.7 Å². The molecule has 1 aliphatic heterocycles. The molecule has 29 heavy (non-hydrogen) atoms. The summed E-state index contributed by atoms with van der Waals surface area (Å²) in [5, 5.41) is 2.37. The van der Waals surface area contributed by atoms with Crippen LogP contribution in [0.15, 0.2) is 42.6 Å². The Kier molecular flexibility index (Phi) is 6.20. The molecule has 2 amide bonds. The van der Waals surface area contributed by atoms with Gasteiger partial charge in [-0.15, -0.1) is 0 Å². The average Bonchev–Trinajstić information content (AvgIpc) is 3.16. The molecule has 0 radical (unpaired) electrons. The number of pyridine rings is 1. The topological polar surface area (TPSA) is 62.3 Å². The van der Waals surface area contributed by atoms with E-state index in [1.165, 1.54) is 6.92 Å². The van der Waals surface area contributed by atoms with Crippen LogP contribution in [0.5, 0.6) is 0 Å². The van der Waals surface area contributed by atoms with Gasteiger partial charge < -0.3 is 10.2 Å². The van der Waals surface area contributed by atoms with Gasteiger partial charge in [-0.05, 0) is 24.5 Å². The van der Waals surface area contributed by atoms with Gasteiger partial charge in [0.2, 0.25) is 11.8 Å². The third-order valence-corrected chi connectivity index (χ3v) is 4.95. The monoisotopic (exact) mass is 405 g/mol. The molecule has 1 fully saturated rings. The minimum Gasteiger partial charge on any atom is -0.352 e. The number of amides is 2. The van der Waals surface area contributed by atoms with E-state index in [9.17, 15) is 22.8 Å².